The SMILES string of the molecule is CN1CCc2cc(C(CNC(=O)C(=O)Nc3ccccc3F)N3CCOCC3)ccc21. The van der Waals surface area contributed by atoms with E-state index in [9.17, 15) is 14.0 Å². The number of rotatable bonds is 5. The van der Waals surface area contributed by atoms with Crippen LogP contribution in [0.1, 0.15) is 17.2 Å². The summed E-state index contributed by atoms with van der Waals surface area (Å²) in [5.41, 5.74) is 3.61. The number of fused-ring (bicyclic) bond motifs is 1. The number of carbonyl (C=O) groups is 2. The predicted octanol–water partition coefficient (Wildman–Crippen LogP) is 1.95. The van der Waals surface area contributed by atoms with E-state index in [-0.39, 0.29) is 18.3 Å². The second kappa shape index (κ2) is 9.45. The van der Waals surface area contributed by atoms with Gasteiger partial charge in [0.2, 0.25) is 0 Å². The quantitative estimate of drug-likeness (QED) is 0.715. The summed E-state index contributed by atoms with van der Waals surface area (Å²) in [7, 11) is 2.08. The van der Waals surface area contributed by atoms with Gasteiger partial charge in [0.25, 0.3) is 0 Å². The molecule has 0 aromatic heterocycles. The number of ether oxygens (including phenoxy) is 1. The number of morpholine rings is 1. The lowest BCUT2D eigenvalue weighted by Gasteiger charge is -2.35. The standard InChI is InChI=1S/C23H27FN4O3/c1-27-9-8-17-14-16(6-7-20(17)27)21(28-10-12-31-13-11-28)15-25-22(29)23(30)26-19-5-3-2-4-18(19)24/h2-7,14,21H,8-13,15H2,1H3,(H,25,29)(H,26,30). The molecular formula is C23H27FN4O3. The molecule has 31 heavy (non-hydrogen) atoms. The van der Waals surface area contributed by atoms with Crippen LogP contribution in [0, 0.1) is 5.82 Å². The molecule has 1 atom stereocenters. The third kappa shape index (κ3) is 4.86. The number of amides is 2. The highest BCUT2D eigenvalue weighted by atomic mass is 19.1. The van der Waals surface area contributed by atoms with Crippen molar-refractivity contribution in [3.05, 3.63) is 59.4 Å². The fourth-order valence-corrected chi connectivity index (χ4v) is 4.15. The van der Waals surface area contributed by atoms with Crippen LogP contribution < -0.4 is 15.5 Å². The topological polar surface area (TPSA) is 73.9 Å². The van der Waals surface area contributed by atoms with Gasteiger partial charge in [0, 0.05) is 38.9 Å². The molecule has 4 rings (SSSR count). The molecule has 2 heterocycles. The number of benzene rings is 2. The van der Waals surface area contributed by atoms with Gasteiger partial charge < -0.3 is 20.3 Å². The molecule has 2 amide bonds. The lowest BCUT2D eigenvalue weighted by Crippen LogP contribution is -2.45. The van der Waals surface area contributed by atoms with E-state index < -0.39 is 17.6 Å². The molecule has 1 unspecified atom stereocenters. The molecule has 2 N–H and O–H groups in total. The first-order valence-corrected chi connectivity index (χ1v) is 10.5. The number of nitrogens with zero attached hydrogens (tertiary/aromatic N) is 2. The molecule has 0 bridgehead atoms. The Morgan fingerprint density at radius 2 is 1.87 bits per heavy atom. The van der Waals surface area contributed by atoms with Crippen molar-refractivity contribution in [2.24, 2.45) is 0 Å². The van der Waals surface area contributed by atoms with Crippen LogP contribution in [0.5, 0.6) is 0 Å². The number of hydrogen-bond donors (Lipinski definition) is 2. The fraction of sp³-hybridized carbons (Fsp3) is 0.391. The molecule has 0 spiro atoms. The third-order valence-corrected chi connectivity index (χ3v) is 5.89. The van der Waals surface area contributed by atoms with E-state index in [1.807, 2.05) is 0 Å². The van der Waals surface area contributed by atoms with Gasteiger partial charge in [-0.2, -0.15) is 0 Å². The highest BCUT2D eigenvalue weighted by Crippen LogP contribution is 2.31. The third-order valence-electron chi connectivity index (χ3n) is 5.89. The molecule has 2 aliphatic rings. The van der Waals surface area contributed by atoms with Crippen LogP contribution in [-0.2, 0) is 20.7 Å². The molecule has 2 aromatic rings. The molecule has 2 aliphatic heterocycles. The number of hydrogen-bond acceptors (Lipinski definition) is 5. The van der Waals surface area contributed by atoms with Crippen molar-refractivity contribution >= 4 is 23.2 Å². The summed E-state index contributed by atoms with van der Waals surface area (Å²) in [6.07, 6.45) is 0.993. The van der Waals surface area contributed by atoms with Crippen molar-refractivity contribution in [1.82, 2.24) is 10.2 Å². The summed E-state index contributed by atoms with van der Waals surface area (Å²) in [4.78, 5) is 29.2. The monoisotopic (exact) mass is 426 g/mol. The number of nitrogens with one attached hydrogen (secondary N) is 2. The Morgan fingerprint density at radius 3 is 2.65 bits per heavy atom. The first-order valence-electron chi connectivity index (χ1n) is 10.5. The van der Waals surface area contributed by atoms with Gasteiger partial charge in [-0.3, -0.25) is 14.5 Å². The van der Waals surface area contributed by atoms with Gasteiger partial charge in [0.1, 0.15) is 5.82 Å². The maximum absolute atomic E-state index is 13.8. The van der Waals surface area contributed by atoms with Crippen LogP contribution >= 0.6 is 0 Å². The highest BCUT2D eigenvalue weighted by Gasteiger charge is 2.26. The lowest BCUT2D eigenvalue weighted by atomic mass is 10.0. The minimum atomic E-state index is -0.888. The number of para-hydroxylation sites is 1. The minimum absolute atomic E-state index is 0.0184. The predicted molar refractivity (Wildman–Crippen MR) is 117 cm³/mol. The summed E-state index contributed by atoms with van der Waals surface area (Å²) in [5, 5.41) is 5.05. The van der Waals surface area contributed by atoms with E-state index in [0.29, 0.717) is 13.2 Å². The van der Waals surface area contributed by atoms with Gasteiger partial charge in [0.05, 0.1) is 24.9 Å². The van der Waals surface area contributed by atoms with Crippen molar-refractivity contribution in [1.29, 1.82) is 0 Å². The maximum Gasteiger partial charge on any atom is 0.313 e. The molecule has 1 fully saturated rings. The Morgan fingerprint density at radius 1 is 1.10 bits per heavy atom. The maximum atomic E-state index is 13.8. The highest BCUT2D eigenvalue weighted by molar-refractivity contribution is 6.39. The average molecular weight is 426 g/mol. The summed E-state index contributed by atoms with van der Waals surface area (Å²) >= 11 is 0. The zero-order valence-electron chi connectivity index (χ0n) is 17.6. The first-order chi connectivity index (χ1) is 15.0. The Hall–Kier alpha value is -2.97. The van der Waals surface area contributed by atoms with Crippen molar-refractivity contribution < 1.29 is 18.7 Å². The van der Waals surface area contributed by atoms with Crippen molar-refractivity contribution in [2.75, 3.05) is 56.7 Å². The number of anilines is 2. The number of likely N-dealkylation sites (N-methyl/N-ethyl adjacent to an activating group) is 1. The van der Waals surface area contributed by atoms with Crippen LogP contribution in [0.3, 0.4) is 0 Å². The van der Waals surface area contributed by atoms with Gasteiger partial charge in [-0.1, -0.05) is 24.3 Å². The van der Waals surface area contributed by atoms with E-state index in [2.05, 4.69) is 45.7 Å². The number of halogens is 1. The molecule has 1 saturated heterocycles. The second-order valence-electron chi connectivity index (χ2n) is 7.87. The lowest BCUT2D eigenvalue weighted by molar-refractivity contribution is -0.136. The minimum Gasteiger partial charge on any atom is -0.379 e. The molecule has 8 heteroatoms. The summed E-state index contributed by atoms with van der Waals surface area (Å²) in [5.74, 6) is -2.26. The van der Waals surface area contributed by atoms with Gasteiger partial charge in [0.15, 0.2) is 0 Å². The fourth-order valence-electron chi connectivity index (χ4n) is 4.15. The molecule has 0 aliphatic carbocycles. The van der Waals surface area contributed by atoms with Gasteiger partial charge in [-0.25, -0.2) is 4.39 Å². The summed E-state index contributed by atoms with van der Waals surface area (Å²) in [6.45, 7) is 4.03. The Bertz CT molecular complexity index is 962. The van der Waals surface area contributed by atoms with Crippen LogP contribution in [0.25, 0.3) is 0 Å². The summed E-state index contributed by atoms with van der Waals surface area (Å²) < 4.78 is 19.2. The Labute approximate surface area is 181 Å². The van der Waals surface area contributed by atoms with Crippen LogP contribution in [0.15, 0.2) is 42.5 Å². The first kappa shape index (κ1) is 21.3. The van der Waals surface area contributed by atoms with Gasteiger partial charge >= 0.3 is 11.8 Å². The van der Waals surface area contributed by atoms with Gasteiger partial charge in [-0.05, 0) is 35.7 Å². The Balaban J connectivity index is 1.46. The van der Waals surface area contributed by atoms with Gasteiger partial charge in [-0.15, -0.1) is 0 Å². The van der Waals surface area contributed by atoms with E-state index in [4.69, 9.17) is 4.74 Å². The molecule has 0 radical (unpaired) electrons. The molecule has 2 aromatic carbocycles. The summed E-state index contributed by atoms with van der Waals surface area (Å²) in [6, 6.07) is 12.1. The molecule has 0 saturated carbocycles. The van der Waals surface area contributed by atoms with Crippen molar-refractivity contribution in [3.63, 3.8) is 0 Å². The zero-order valence-corrected chi connectivity index (χ0v) is 17.6. The largest absolute Gasteiger partial charge is 0.379 e. The van der Waals surface area contributed by atoms with Crippen LogP contribution in [0.2, 0.25) is 0 Å². The average Bonchev–Trinajstić information content (AvgIpc) is 3.16. The van der Waals surface area contributed by atoms with E-state index in [1.165, 1.54) is 29.4 Å². The number of carbonyl (C=O) groups excluding carboxylic acids is 2. The van der Waals surface area contributed by atoms with Crippen molar-refractivity contribution in [2.45, 2.75) is 12.5 Å². The smallest absolute Gasteiger partial charge is 0.313 e. The Kier molecular flexibility index (Phi) is 6.48. The van der Waals surface area contributed by atoms with E-state index in [0.717, 1.165) is 31.6 Å². The zero-order chi connectivity index (χ0) is 21.8. The van der Waals surface area contributed by atoms with Crippen LogP contribution in [0.4, 0.5) is 15.8 Å². The van der Waals surface area contributed by atoms with Crippen LogP contribution in [-0.4, -0.2) is 63.2 Å². The van der Waals surface area contributed by atoms with Crippen molar-refractivity contribution in [3.8, 4) is 0 Å². The second-order valence-corrected chi connectivity index (χ2v) is 7.87. The van der Waals surface area contributed by atoms with E-state index >= 15 is 0 Å². The normalized spacial score (nSPS) is 17.2. The molecular weight excluding hydrogens is 399 g/mol. The molecule has 7 nitrogen and oxygen atoms in total. The van der Waals surface area contributed by atoms with E-state index in [1.54, 1.807) is 6.07 Å². The molecule has 164 valence electrons.